The van der Waals surface area contributed by atoms with E-state index in [4.69, 9.17) is 10.00 Å². The summed E-state index contributed by atoms with van der Waals surface area (Å²) in [6.07, 6.45) is 9.38. The summed E-state index contributed by atoms with van der Waals surface area (Å²) in [5.74, 6) is 0.0851. The van der Waals surface area contributed by atoms with Crippen LogP contribution < -0.4 is 0 Å². The van der Waals surface area contributed by atoms with Gasteiger partial charge in [0.2, 0.25) is 6.08 Å². The molecule has 0 aliphatic rings. The highest BCUT2D eigenvalue weighted by molar-refractivity contribution is 5.69. The van der Waals surface area contributed by atoms with Crippen LogP contribution in [-0.2, 0) is 19.1 Å². The zero-order chi connectivity index (χ0) is 18.0. The molecule has 0 N–H and O–H groups in total. The molecule has 0 aromatic rings. The van der Waals surface area contributed by atoms with Gasteiger partial charge in [0, 0.05) is 6.42 Å². The second-order valence-corrected chi connectivity index (χ2v) is 5.91. The van der Waals surface area contributed by atoms with Crippen LogP contribution in [-0.4, -0.2) is 31.8 Å². The zero-order valence-electron chi connectivity index (χ0n) is 14.6. The molecular weight excluding hydrogens is 308 g/mol. The van der Waals surface area contributed by atoms with Gasteiger partial charge in [0.15, 0.2) is 0 Å². The number of isocyanates is 1. The van der Waals surface area contributed by atoms with Gasteiger partial charge in [-0.3, -0.25) is 4.79 Å². The number of carbonyl (C=O) groups excluding carboxylic acids is 2. The van der Waals surface area contributed by atoms with E-state index in [2.05, 4.69) is 16.3 Å². The van der Waals surface area contributed by atoms with Crippen LogP contribution in [0, 0.1) is 17.4 Å². The lowest BCUT2D eigenvalue weighted by Crippen LogP contribution is -2.08. The number of hydrogen-bond acceptors (Lipinski definition) is 6. The SMILES string of the molecule is C=C(C)CCCOC(=O)CCCCC(CCCOC#N)CN=C=O. The third-order valence-electron chi connectivity index (χ3n) is 3.59. The second-order valence-electron chi connectivity index (χ2n) is 5.91. The fraction of sp³-hybridized carbons (Fsp3) is 0.722. The van der Waals surface area contributed by atoms with Crippen LogP contribution in [0.1, 0.15) is 58.3 Å². The summed E-state index contributed by atoms with van der Waals surface area (Å²) in [5, 5.41) is 8.31. The van der Waals surface area contributed by atoms with E-state index in [1.54, 1.807) is 12.3 Å². The summed E-state index contributed by atoms with van der Waals surface area (Å²) in [7, 11) is 0. The van der Waals surface area contributed by atoms with Crippen molar-refractivity contribution in [3.63, 3.8) is 0 Å². The average molecular weight is 336 g/mol. The van der Waals surface area contributed by atoms with E-state index in [0.29, 0.717) is 26.2 Å². The molecule has 6 heteroatoms. The summed E-state index contributed by atoms with van der Waals surface area (Å²) >= 11 is 0. The number of allylic oxidation sites excluding steroid dienone is 1. The Morgan fingerprint density at radius 1 is 1.17 bits per heavy atom. The van der Waals surface area contributed by atoms with Crippen molar-refractivity contribution in [1.29, 1.82) is 5.26 Å². The predicted octanol–water partition coefficient (Wildman–Crippen LogP) is 3.68. The van der Waals surface area contributed by atoms with Crippen LogP contribution in [0.15, 0.2) is 17.1 Å². The number of rotatable bonds is 15. The number of hydrogen-bond donors (Lipinski definition) is 0. The van der Waals surface area contributed by atoms with Crippen LogP contribution in [0.4, 0.5) is 0 Å². The van der Waals surface area contributed by atoms with E-state index in [9.17, 15) is 9.59 Å². The number of aliphatic imine (C=N–C) groups is 1. The van der Waals surface area contributed by atoms with Crippen LogP contribution in [0.5, 0.6) is 0 Å². The summed E-state index contributed by atoms with van der Waals surface area (Å²) in [4.78, 5) is 25.5. The molecule has 24 heavy (non-hydrogen) atoms. The molecule has 0 fully saturated rings. The van der Waals surface area contributed by atoms with E-state index in [1.807, 2.05) is 6.92 Å². The molecule has 0 bridgehead atoms. The largest absolute Gasteiger partial charge is 0.466 e. The molecule has 0 rings (SSSR count). The van der Waals surface area contributed by atoms with Crippen LogP contribution >= 0.6 is 0 Å². The van der Waals surface area contributed by atoms with Crippen LogP contribution in [0.2, 0.25) is 0 Å². The van der Waals surface area contributed by atoms with E-state index >= 15 is 0 Å². The van der Waals surface area contributed by atoms with Crippen molar-refractivity contribution < 1.29 is 19.1 Å². The second kappa shape index (κ2) is 15.8. The quantitative estimate of drug-likeness (QED) is 0.114. The predicted molar refractivity (Wildman–Crippen MR) is 90.8 cm³/mol. The van der Waals surface area contributed by atoms with Gasteiger partial charge < -0.3 is 9.47 Å². The molecular formula is C18H28N2O4. The van der Waals surface area contributed by atoms with Gasteiger partial charge >= 0.3 is 5.97 Å². The van der Waals surface area contributed by atoms with Crippen molar-refractivity contribution in [2.45, 2.75) is 58.3 Å². The standard InChI is InChI=1S/C18H28N2O4/c1-16(2)7-5-12-24-18(22)10-4-3-8-17(13-20-15-21)9-6-11-23-14-19/h17H,1,3-13H2,2H3. The fourth-order valence-electron chi connectivity index (χ4n) is 2.32. The number of nitriles is 1. The van der Waals surface area contributed by atoms with E-state index in [-0.39, 0.29) is 11.9 Å². The van der Waals surface area contributed by atoms with E-state index < -0.39 is 0 Å². The van der Waals surface area contributed by atoms with Crippen LogP contribution in [0.25, 0.3) is 0 Å². The lowest BCUT2D eigenvalue weighted by Gasteiger charge is -2.13. The molecule has 0 saturated heterocycles. The Labute approximate surface area is 144 Å². The first-order chi connectivity index (χ1) is 11.6. The molecule has 0 saturated carbocycles. The Hall–Kier alpha value is -2.12. The zero-order valence-corrected chi connectivity index (χ0v) is 14.6. The van der Waals surface area contributed by atoms with Gasteiger partial charge in [-0.15, -0.1) is 6.58 Å². The van der Waals surface area contributed by atoms with Crippen molar-refractivity contribution in [3.05, 3.63) is 12.2 Å². The number of ether oxygens (including phenoxy) is 2. The van der Waals surface area contributed by atoms with Crippen molar-refractivity contribution >= 4 is 12.0 Å². The Bertz CT molecular complexity index is 450. The molecule has 134 valence electrons. The van der Waals surface area contributed by atoms with Gasteiger partial charge in [-0.05, 0) is 51.4 Å². The van der Waals surface area contributed by atoms with Crippen molar-refractivity contribution in [3.8, 4) is 6.26 Å². The van der Waals surface area contributed by atoms with Crippen molar-refractivity contribution in [2.24, 2.45) is 10.9 Å². The summed E-state index contributed by atoms with van der Waals surface area (Å²) in [6.45, 7) is 7.02. The summed E-state index contributed by atoms with van der Waals surface area (Å²) in [5.41, 5.74) is 1.09. The van der Waals surface area contributed by atoms with Gasteiger partial charge in [-0.2, -0.15) is 5.26 Å². The number of esters is 1. The average Bonchev–Trinajstić information content (AvgIpc) is 2.56. The third-order valence-corrected chi connectivity index (χ3v) is 3.59. The minimum absolute atomic E-state index is 0.165. The third kappa shape index (κ3) is 14.8. The van der Waals surface area contributed by atoms with Gasteiger partial charge in [-0.1, -0.05) is 12.0 Å². The Morgan fingerprint density at radius 2 is 1.92 bits per heavy atom. The topological polar surface area (TPSA) is 88.8 Å². The maximum atomic E-state index is 11.6. The molecule has 6 nitrogen and oxygen atoms in total. The minimum atomic E-state index is -0.165. The monoisotopic (exact) mass is 336 g/mol. The number of nitrogens with zero attached hydrogens (tertiary/aromatic N) is 2. The summed E-state index contributed by atoms with van der Waals surface area (Å²) in [6, 6.07) is 0. The first-order valence-electron chi connectivity index (χ1n) is 8.44. The van der Waals surface area contributed by atoms with E-state index in [0.717, 1.165) is 50.5 Å². The van der Waals surface area contributed by atoms with Crippen molar-refractivity contribution in [2.75, 3.05) is 19.8 Å². The summed E-state index contributed by atoms with van der Waals surface area (Å²) < 4.78 is 9.80. The molecule has 0 aliphatic heterocycles. The minimum Gasteiger partial charge on any atom is -0.466 e. The molecule has 0 radical (unpaired) electrons. The van der Waals surface area contributed by atoms with Gasteiger partial charge in [0.05, 0.1) is 13.2 Å². The Morgan fingerprint density at radius 3 is 2.58 bits per heavy atom. The van der Waals surface area contributed by atoms with Gasteiger partial charge in [0.1, 0.15) is 6.61 Å². The molecule has 0 heterocycles. The molecule has 0 aromatic heterocycles. The Kier molecular flexibility index (Phi) is 14.4. The lowest BCUT2D eigenvalue weighted by atomic mass is 9.96. The maximum absolute atomic E-state index is 11.6. The molecule has 0 amide bonds. The van der Waals surface area contributed by atoms with Crippen LogP contribution in [0.3, 0.4) is 0 Å². The number of unbranched alkanes of at least 4 members (excludes halogenated alkanes) is 1. The molecule has 0 spiro atoms. The Balaban J connectivity index is 3.80. The highest BCUT2D eigenvalue weighted by atomic mass is 16.5. The normalized spacial score (nSPS) is 11.0. The highest BCUT2D eigenvalue weighted by Gasteiger charge is 2.09. The molecule has 1 unspecified atom stereocenters. The van der Waals surface area contributed by atoms with E-state index in [1.165, 1.54) is 0 Å². The van der Waals surface area contributed by atoms with Crippen molar-refractivity contribution in [1.82, 2.24) is 0 Å². The first kappa shape index (κ1) is 21.9. The smallest absolute Gasteiger partial charge is 0.305 e. The molecule has 0 aliphatic carbocycles. The molecule has 1 atom stereocenters. The lowest BCUT2D eigenvalue weighted by molar-refractivity contribution is -0.143. The fourth-order valence-corrected chi connectivity index (χ4v) is 2.32. The first-order valence-corrected chi connectivity index (χ1v) is 8.44. The maximum Gasteiger partial charge on any atom is 0.305 e. The highest BCUT2D eigenvalue weighted by Crippen LogP contribution is 2.16. The molecule has 0 aromatic carbocycles. The van der Waals surface area contributed by atoms with Gasteiger partial charge in [-0.25, -0.2) is 9.79 Å². The van der Waals surface area contributed by atoms with Gasteiger partial charge in [0.25, 0.3) is 6.26 Å². The number of carbonyl (C=O) groups is 1.